The molecule has 28 heavy (non-hydrogen) atoms. The van der Waals surface area contributed by atoms with Crippen molar-refractivity contribution in [1.29, 1.82) is 0 Å². The van der Waals surface area contributed by atoms with Gasteiger partial charge in [-0.05, 0) is 47.9 Å². The summed E-state index contributed by atoms with van der Waals surface area (Å²) < 4.78 is 8.41. The molecule has 4 rings (SSSR count). The first-order chi connectivity index (χ1) is 13.8. The minimum Gasteiger partial charge on any atom is -0.494 e. The number of rotatable bonds is 9. The Balaban J connectivity index is 1.40. The van der Waals surface area contributed by atoms with E-state index >= 15 is 0 Å². The molecule has 3 heteroatoms. The molecule has 0 amide bonds. The first-order valence-electron chi connectivity index (χ1n) is 10.4. The van der Waals surface area contributed by atoms with Gasteiger partial charge in [0.1, 0.15) is 11.6 Å². The van der Waals surface area contributed by atoms with Crippen LogP contribution in [0.1, 0.15) is 38.4 Å². The van der Waals surface area contributed by atoms with Crippen molar-refractivity contribution in [3.63, 3.8) is 0 Å². The molecule has 0 bridgehead atoms. The van der Waals surface area contributed by atoms with Crippen LogP contribution in [0.2, 0.25) is 0 Å². The number of nitrogens with zero attached hydrogens (tertiary/aromatic N) is 2. The number of fused-ring (bicyclic) bond motifs is 2. The largest absolute Gasteiger partial charge is 0.494 e. The van der Waals surface area contributed by atoms with E-state index in [4.69, 9.17) is 9.72 Å². The van der Waals surface area contributed by atoms with Gasteiger partial charge in [0, 0.05) is 13.0 Å². The highest BCUT2D eigenvalue weighted by Gasteiger charge is 2.10. The molecule has 0 saturated carbocycles. The second-order valence-corrected chi connectivity index (χ2v) is 7.34. The highest BCUT2D eigenvalue weighted by molar-refractivity contribution is 5.83. The molecule has 0 saturated heterocycles. The standard InChI is InChI=1S/C25H28N2O/c1-2-3-4-14-25-26-23-12-7-8-13-24(23)27(25)17-9-18-28-22-16-15-20-10-5-6-11-21(20)19-22/h5-8,10-13,15-16,19H,2-4,9,14,17-18H2,1H3. The van der Waals surface area contributed by atoms with Gasteiger partial charge in [0.15, 0.2) is 0 Å². The van der Waals surface area contributed by atoms with Gasteiger partial charge in [-0.15, -0.1) is 0 Å². The van der Waals surface area contributed by atoms with Gasteiger partial charge in [-0.25, -0.2) is 4.98 Å². The molecular formula is C25H28N2O. The molecular weight excluding hydrogens is 344 g/mol. The molecule has 144 valence electrons. The Morgan fingerprint density at radius 3 is 2.57 bits per heavy atom. The summed E-state index contributed by atoms with van der Waals surface area (Å²) in [5.41, 5.74) is 2.34. The van der Waals surface area contributed by atoms with E-state index in [-0.39, 0.29) is 0 Å². The molecule has 0 fully saturated rings. The van der Waals surface area contributed by atoms with Crippen LogP contribution in [-0.4, -0.2) is 16.2 Å². The van der Waals surface area contributed by atoms with Crippen molar-refractivity contribution in [1.82, 2.24) is 9.55 Å². The van der Waals surface area contributed by atoms with E-state index < -0.39 is 0 Å². The number of ether oxygens (including phenoxy) is 1. The van der Waals surface area contributed by atoms with Crippen molar-refractivity contribution in [2.24, 2.45) is 0 Å². The molecule has 0 aliphatic carbocycles. The molecule has 1 heterocycles. The van der Waals surface area contributed by atoms with Crippen molar-refractivity contribution in [3.05, 3.63) is 72.6 Å². The minimum absolute atomic E-state index is 0.708. The maximum absolute atomic E-state index is 6.03. The predicted molar refractivity (Wildman–Crippen MR) is 117 cm³/mol. The number of aromatic nitrogens is 2. The lowest BCUT2D eigenvalue weighted by Gasteiger charge is -2.11. The summed E-state index contributed by atoms with van der Waals surface area (Å²) in [4.78, 5) is 4.88. The second kappa shape index (κ2) is 8.92. The van der Waals surface area contributed by atoms with Crippen LogP contribution in [0.25, 0.3) is 21.8 Å². The van der Waals surface area contributed by atoms with E-state index in [1.54, 1.807) is 0 Å². The van der Waals surface area contributed by atoms with Gasteiger partial charge in [0.2, 0.25) is 0 Å². The fourth-order valence-electron chi connectivity index (χ4n) is 3.77. The Bertz CT molecular complexity index is 1050. The minimum atomic E-state index is 0.708. The first kappa shape index (κ1) is 18.5. The van der Waals surface area contributed by atoms with Gasteiger partial charge in [-0.1, -0.05) is 62.2 Å². The number of unbranched alkanes of at least 4 members (excludes halogenated alkanes) is 2. The number of para-hydroxylation sites is 2. The molecule has 0 aliphatic rings. The maximum atomic E-state index is 6.03. The van der Waals surface area contributed by atoms with Crippen molar-refractivity contribution < 1.29 is 4.74 Å². The van der Waals surface area contributed by atoms with E-state index in [0.717, 1.165) is 30.7 Å². The topological polar surface area (TPSA) is 27.1 Å². The zero-order valence-corrected chi connectivity index (χ0v) is 16.6. The Morgan fingerprint density at radius 2 is 1.68 bits per heavy atom. The summed E-state index contributed by atoms with van der Waals surface area (Å²) in [5.74, 6) is 2.15. The summed E-state index contributed by atoms with van der Waals surface area (Å²) in [6.07, 6.45) is 5.71. The summed E-state index contributed by atoms with van der Waals surface area (Å²) >= 11 is 0. The number of hydrogen-bond donors (Lipinski definition) is 0. The third-order valence-corrected chi connectivity index (χ3v) is 5.25. The normalized spacial score (nSPS) is 11.3. The van der Waals surface area contributed by atoms with Crippen molar-refractivity contribution in [2.75, 3.05) is 6.61 Å². The summed E-state index contributed by atoms with van der Waals surface area (Å²) in [6.45, 7) is 3.89. The van der Waals surface area contributed by atoms with Crippen LogP contribution in [0.5, 0.6) is 5.75 Å². The van der Waals surface area contributed by atoms with Crippen LogP contribution in [0, 0.1) is 0 Å². The van der Waals surface area contributed by atoms with E-state index in [2.05, 4.69) is 78.2 Å². The molecule has 4 aromatic rings. The lowest BCUT2D eigenvalue weighted by molar-refractivity contribution is 0.302. The predicted octanol–water partition coefficient (Wildman–Crippen LogP) is 6.39. The smallest absolute Gasteiger partial charge is 0.119 e. The molecule has 0 N–H and O–H groups in total. The lowest BCUT2D eigenvalue weighted by atomic mass is 10.1. The molecule has 0 unspecified atom stereocenters. The zero-order valence-electron chi connectivity index (χ0n) is 16.6. The Morgan fingerprint density at radius 1 is 0.857 bits per heavy atom. The van der Waals surface area contributed by atoms with Gasteiger partial charge < -0.3 is 9.30 Å². The molecule has 0 radical (unpaired) electrons. The first-order valence-corrected chi connectivity index (χ1v) is 10.4. The third-order valence-electron chi connectivity index (χ3n) is 5.25. The summed E-state index contributed by atoms with van der Waals surface area (Å²) in [7, 11) is 0. The van der Waals surface area contributed by atoms with Crippen LogP contribution in [0.4, 0.5) is 0 Å². The molecule has 0 aliphatic heterocycles. The Kier molecular flexibility index (Phi) is 5.91. The van der Waals surface area contributed by atoms with Gasteiger partial charge in [0.05, 0.1) is 17.6 Å². The maximum Gasteiger partial charge on any atom is 0.119 e. The van der Waals surface area contributed by atoms with Crippen LogP contribution >= 0.6 is 0 Å². The lowest BCUT2D eigenvalue weighted by Crippen LogP contribution is -2.08. The van der Waals surface area contributed by atoms with Crippen molar-refractivity contribution in [3.8, 4) is 5.75 Å². The van der Waals surface area contributed by atoms with Gasteiger partial charge in [-0.2, -0.15) is 0 Å². The Hall–Kier alpha value is -2.81. The SMILES string of the molecule is CCCCCc1nc2ccccc2n1CCCOc1ccc2ccccc2c1. The van der Waals surface area contributed by atoms with Crippen LogP contribution in [0.3, 0.4) is 0 Å². The van der Waals surface area contributed by atoms with Crippen molar-refractivity contribution in [2.45, 2.75) is 45.6 Å². The quantitative estimate of drug-likeness (QED) is 0.318. The monoisotopic (exact) mass is 372 g/mol. The van der Waals surface area contributed by atoms with Crippen LogP contribution in [0.15, 0.2) is 66.7 Å². The van der Waals surface area contributed by atoms with E-state index in [1.807, 2.05) is 0 Å². The number of benzene rings is 3. The average molecular weight is 373 g/mol. The van der Waals surface area contributed by atoms with Crippen molar-refractivity contribution >= 4 is 21.8 Å². The Labute approximate surface area is 167 Å². The summed E-state index contributed by atoms with van der Waals surface area (Å²) in [6, 6.07) is 23.2. The average Bonchev–Trinajstić information content (AvgIpc) is 3.09. The number of hydrogen-bond acceptors (Lipinski definition) is 2. The fourth-order valence-corrected chi connectivity index (χ4v) is 3.77. The molecule has 0 spiro atoms. The molecule has 1 aromatic heterocycles. The second-order valence-electron chi connectivity index (χ2n) is 7.34. The number of aryl methyl sites for hydroxylation is 2. The third kappa shape index (κ3) is 4.19. The highest BCUT2D eigenvalue weighted by Crippen LogP contribution is 2.21. The van der Waals surface area contributed by atoms with E-state index in [9.17, 15) is 0 Å². The van der Waals surface area contributed by atoms with Gasteiger partial charge in [0.25, 0.3) is 0 Å². The molecule has 3 nitrogen and oxygen atoms in total. The number of imidazole rings is 1. The zero-order chi connectivity index (χ0) is 19.2. The fraction of sp³-hybridized carbons (Fsp3) is 0.320. The van der Waals surface area contributed by atoms with Crippen LogP contribution in [-0.2, 0) is 13.0 Å². The molecule has 3 aromatic carbocycles. The van der Waals surface area contributed by atoms with Gasteiger partial charge in [-0.3, -0.25) is 0 Å². The van der Waals surface area contributed by atoms with E-state index in [1.165, 1.54) is 41.4 Å². The van der Waals surface area contributed by atoms with Gasteiger partial charge >= 0.3 is 0 Å². The van der Waals surface area contributed by atoms with Crippen LogP contribution < -0.4 is 4.74 Å². The summed E-state index contributed by atoms with van der Waals surface area (Å²) in [5, 5.41) is 2.47. The highest BCUT2D eigenvalue weighted by atomic mass is 16.5. The van der Waals surface area contributed by atoms with E-state index in [0.29, 0.717) is 6.61 Å². The molecule has 0 atom stereocenters.